The summed E-state index contributed by atoms with van der Waals surface area (Å²) in [4.78, 5) is 5.12. The normalized spacial score (nSPS) is 24.3. The average molecular weight is 259 g/mol. The smallest absolute Gasteiger partial charge is 0.0403 e. The quantitative estimate of drug-likeness (QED) is 0.874. The molecule has 1 aromatic carbocycles. The Morgan fingerprint density at radius 3 is 3.05 bits per heavy atom. The summed E-state index contributed by atoms with van der Waals surface area (Å²) in [7, 11) is 2.26. The molecule has 3 rings (SSSR count). The van der Waals surface area contributed by atoms with Crippen LogP contribution in [0.25, 0.3) is 0 Å². The molecule has 1 N–H and O–H groups in total. The van der Waals surface area contributed by atoms with Crippen LogP contribution in [0.4, 0.5) is 5.69 Å². The first-order valence-corrected chi connectivity index (χ1v) is 7.56. The standard InChI is InChI=1S/C16H25N3/c1-3-14-12-19(10-9-18(14)2)16-6-4-5-13-11-17-8-7-15(13)16/h4-6,14,17H,3,7-12H2,1-2H3. The second kappa shape index (κ2) is 5.51. The largest absolute Gasteiger partial charge is 0.368 e. The molecule has 1 fully saturated rings. The van der Waals surface area contributed by atoms with Crippen LogP contribution in [0.3, 0.4) is 0 Å². The summed E-state index contributed by atoms with van der Waals surface area (Å²) in [5, 5.41) is 3.47. The molecule has 1 atom stereocenters. The van der Waals surface area contributed by atoms with Crippen molar-refractivity contribution < 1.29 is 0 Å². The Hall–Kier alpha value is -1.06. The molecule has 0 aromatic heterocycles. The van der Waals surface area contributed by atoms with E-state index in [1.165, 1.54) is 37.2 Å². The van der Waals surface area contributed by atoms with Crippen LogP contribution in [-0.4, -0.2) is 44.2 Å². The van der Waals surface area contributed by atoms with Gasteiger partial charge in [-0.2, -0.15) is 0 Å². The maximum atomic E-state index is 3.47. The van der Waals surface area contributed by atoms with Crippen LogP contribution in [-0.2, 0) is 13.0 Å². The lowest BCUT2D eigenvalue weighted by Crippen LogP contribution is -2.51. The van der Waals surface area contributed by atoms with Gasteiger partial charge in [0.05, 0.1) is 0 Å². The SMILES string of the molecule is CCC1CN(c2cccc3c2CCNC3)CCN1C. The van der Waals surface area contributed by atoms with E-state index in [1.807, 2.05) is 0 Å². The van der Waals surface area contributed by atoms with Gasteiger partial charge in [0.25, 0.3) is 0 Å². The van der Waals surface area contributed by atoms with E-state index in [2.05, 4.69) is 47.3 Å². The van der Waals surface area contributed by atoms with E-state index in [1.54, 1.807) is 5.56 Å². The molecule has 0 amide bonds. The lowest BCUT2D eigenvalue weighted by molar-refractivity contribution is 0.213. The third kappa shape index (κ3) is 2.49. The molecule has 1 unspecified atom stereocenters. The third-order valence-corrected chi connectivity index (χ3v) is 4.70. The molecule has 0 radical (unpaired) electrons. The number of anilines is 1. The molecule has 3 nitrogen and oxygen atoms in total. The van der Waals surface area contributed by atoms with Crippen molar-refractivity contribution in [1.82, 2.24) is 10.2 Å². The van der Waals surface area contributed by atoms with Gasteiger partial charge in [0.2, 0.25) is 0 Å². The van der Waals surface area contributed by atoms with Crippen LogP contribution in [0, 0.1) is 0 Å². The highest BCUT2D eigenvalue weighted by Gasteiger charge is 2.25. The molecular weight excluding hydrogens is 234 g/mol. The Labute approximate surface area is 116 Å². The number of fused-ring (bicyclic) bond motifs is 1. The zero-order valence-electron chi connectivity index (χ0n) is 12.2. The molecule has 1 aromatic rings. The first-order chi connectivity index (χ1) is 9.29. The van der Waals surface area contributed by atoms with Crippen LogP contribution >= 0.6 is 0 Å². The maximum Gasteiger partial charge on any atom is 0.0403 e. The van der Waals surface area contributed by atoms with Crippen molar-refractivity contribution in [3.63, 3.8) is 0 Å². The lowest BCUT2D eigenvalue weighted by Gasteiger charge is -2.41. The molecule has 104 valence electrons. The van der Waals surface area contributed by atoms with E-state index >= 15 is 0 Å². The molecule has 0 saturated carbocycles. The highest BCUT2D eigenvalue weighted by Crippen LogP contribution is 2.28. The minimum Gasteiger partial charge on any atom is -0.368 e. The number of likely N-dealkylation sites (N-methyl/N-ethyl adjacent to an activating group) is 1. The summed E-state index contributed by atoms with van der Waals surface area (Å²) in [5.74, 6) is 0. The van der Waals surface area contributed by atoms with E-state index in [9.17, 15) is 0 Å². The van der Waals surface area contributed by atoms with Crippen molar-refractivity contribution in [1.29, 1.82) is 0 Å². The number of nitrogens with zero attached hydrogens (tertiary/aromatic N) is 2. The number of nitrogens with one attached hydrogen (secondary N) is 1. The van der Waals surface area contributed by atoms with Gasteiger partial charge in [-0.15, -0.1) is 0 Å². The minimum absolute atomic E-state index is 0.700. The fourth-order valence-electron chi connectivity index (χ4n) is 3.41. The summed E-state index contributed by atoms with van der Waals surface area (Å²) in [6.45, 7) is 7.98. The molecule has 0 aliphatic carbocycles. The van der Waals surface area contributed by atoms with E-state index in [0.717, 1.165) is 19.6 Å². The Morgan fingerprint density at radius 2 is 2.21 bits per heavy atom. The predicted octanol–water partition coefficient (Wildman–Crippen LogP) is 1.86. The van der Waals surface area contributed by atoms with E-state index < -0.39 is 0 Å². The molecular formula is C16H25N3. The molecule has 2 heterocycles. The van der Waals surface area contributed by atoms with Crippen molar-refractivity contribution >= 4 is 5.69 Å². The van der Waals surface area contributed by atoms with E-state index in [-0.39, 0.29) is 0 Å². The van der Waals surface area contributed by atoms with Gasteiger partial charge in [0, 0.05) is 37.9 Å². The Morgan fingerprint density at radius 1 is 1.32 bits per heavy atom. The van der Waals surface area contributed by atoms with Crippen molar-refractivity contribution in [2.24, 2.45) is 0 Å². The number of hydrogen-bond acceptors (Lipinski definition) is 3. The fraction of sp³-hybridized carbons (Fsp3) is 0.625. The fourth-order valence-corrected chi connectivity index (χ4v) is 3.41. The number of rotatable bonds is 2. The summed E-state index contributed by atoms with van der Waals surface area (Å²) >= 11 is 0. The van der Waals surface area contributed by atoms with Crippen molar-refractivity contribution in [3.05, 3.63) is 29.3 Å². The maximum absolute atomic E-state index is 3.47. The molecule has 2 aliphatic rings. The molecule has 19 heavy (non-hydrogen) atoms. The van der Waals surface area contributed by atoms with Gasteiger partial charge >= 0.3 is 0 Å². The molecule has 0 spiro atoms. The van der Waals surface area contributed by atoms with Gasteiger partial charge in [-0.05, 0) is 43.6 Å². The Kier molecular flexibility index (Phi) is 3.76. The van der Waals surface area contributed by atoms with Crippen molar-refractivity contribution in [3.8, 4) is 0 Å². The van der Waals surface area contributed by atoms with Crippen LogP contribution < -0.4 is 10.2 Å². The predicted molar refractivity (Wildman–Crippen MR) is 80.8 cm³/mol. The zero-order valence-corrected chi connectivity index (χ0v) is 12.2. The third-order valence-electron chi connectivity index (χ3n) is 4.70. The minimum atomic E-state index is 0.700. The second-order valence-electron chi connectivity index (χ2n) is 5.83. The molecule has 3 heteroatoms. The molecule has 2 aliphatic heterocycles. The van der Waals surface area contributed by atoms with Crippen LogP contribution in [0.2, 0.25) is 0 Å². The number of benzene rings is 1. The number of hydrogen-bond donors (Lipinski definition) is 1. The van der Waals surface area contributed by atoms with Gasteiger partial charge in [0.15, 0.2) is 0 Å². The van der Waals surface area contributed by atoms with Gasteiger partial charge in [-0.25, -0.2) is 0 Å². The monoisotopic (exact) mass is 259 g/mol. The lowest BCUT2D eigenvalue weighted by atomic mass is 9.97. The van der Waals surface area contributed by atoms with Gasteiger partial charge in [-0.1, -0.05) is 19.1 Å². The molecule has 0 bridgehead atoms. The van der Waals surface area contributed by atoms with Gasteiger partial charge in [0.1, 0.15) is 0 Å². The van der Waals surface area contributed by atoms with Gasteiger partial charge in [-0.3, -0.25) is 4.90 Å². The molecule has 1 saturated heterocycles. The second-order valence-corrected chi connectivity index (χ2v) is 5.83. The van der Waals surface area contributed by atoms with Crippen molar-refractivity contribution in [2.75, 3.05) is 38.1 Å². The highest BCUT2D eigenvalue weighted by molar-refractivity contribution is 5.58. The van der Waals surface area contributed by atoms with E-state index in [0.29, 0.717) is 6.04 Å². The first kappa shape index (κ1) is 12.9. The van der Waals surface area contributed by atoms with Gasteiger partial charge < -0.3 is 10.2 Å². The van der Waals surface area contributed by atoms with Crippen LogP contribution in [0.1, 0.15) is 24.5 Å². The summed E-state index contributed by atoms with van der Waals surface area (Å²) in [6, 6.07) is 7.52. The Bertz CT molecular complexity index is 444. The first-order valence-electron chi connectivity index (χ1n) is 7.56. The summed E-state index contributed by atoms with van der Waals surface area (Å²) < 4.78 is 0. The summed E-state index contributed by atoms with van der Waals surface area (Å²) in [5.41, 5.74) is 4.57. The van der Waals surface area contributed by atoms with E-state index in [4.69, 9.17) is 0 Å². The highest BCUT2D eigenvalue weighted by atomic mass is 15.3. The summed E-state index contributed by atoms with van der Waals surface area (Å²) in [6.07, 6.45) is 2.41. The zero-order chi connectivity index (χ0) is 13.2. The van der Waals surface area contributed by atoms with Crippen molar-refractivity contribution in [2.45, 2.75) is 32.4 Å². The van der Waals surface area contributed by atoms with Crippen LogP contribution in [0.5, 0.6) is 0 Å². The van der Waals surface area contributed by atoms with Crippen LogP contribution in [0.15, 0.2) is 18.2 Å². The number of piperazine rings is 1. The average Bonchev–Trinajstić information content (AvgIpc) is 2.47. The topological polar surface area (TPSA) is 18.5 Å². The Balaban J connectivity index is 1.86.